The maximum Gasteiger partial charge on any atom is 0.231 e. The first kappa shape index (κ1) is 25.6. The highest BCUT2D eigenvalue weighted by Crippen LogP contribution is 2.51. The van der Waals surface area contributed by atoms with Gasteiger partial charge in [0, 0.05) is 40.8 Å². The number of fused-ring (bicyclic) bond motifs is 1. The van der Waals surface area contributed by atoms with Crippen LogP contribution in [-0.2, 0) is 4.79 Å². The second-order valence-corrected chi connectivity index (χ2v) is 10.0. The molecule has 0 radical (unpaired) electrons. The van der Waals surface area contributed by atoms with Crippen LogP contribution in [0.15, 0.2) is 77.5 Å². The zero-order valence-electron chi connectivity index (χ0n) is 22.6. The first-order valence-corrected chi connectivity index (χ1v) is 13.2. The van der Waals surface area contributed by atoms with Gasteiger partial charge in [-0.3, -0.25) is 15.1 Å². The van der Waals surface area contributed by atoms with Crippen LogP contribution in [0.3, 0.4) is 0 Å². The normalized spacial score (nSPS) is 19.5. The SMILES string of the molecule is COc1ccc(OC)c(N2C(=N)/C(=C(/O)c3ccc(C)cc3)C(c3ccc4c(c3)OCO4)C3=C2CCCC3=O)c1. The Labute approximate surface area is 232 Å². The molecule has 0 bridgehead atoms. The van der Waals surface area contributed by atoms with Crippen molar-refractivity contribution in [3.63, 3.8) is 0 Å². The van der Waals surface area contributed by atoms with E-state index in [0.717, 1.165) is 16.8 Å². The number of hydrogen-bond donors (Lipinski definition) is 2. The average Bonchev–Trinajstić information content (AvgIpc) is 3.44. The lowest BCUT2D eigenvalue weighted by atomic mass is 9.73. The minimum Gasteiger partial charge on any atom is -0.507 e. The van der Waals surface area contributed by atoms with Gasteiger partial charge in [-0.1, -0.05) is 35.9 Å². The van der Waals surface area contributed by atoms with Gasteiger partial charge in [0.15, 0.2) is 17.3 Å². The fraction of sp³-hybridized carbons (Fsp3) is 0.250. The number of nitrogens with zero attached hydrogens (tertiary/aromatic N) is 1. The predicted octanol–water partition coefficient (Wildman–Crippen LogP) is 6.30. The Kier molecular flexibility index (Phi) is 6.46. The summed E-state index contributed by atoms with van der Waals surface area (Å²) in [4.78, 5) is 15.5. The van der Waals surface area contributed by atoms with Gasteiger partial charge in [-0.2, -0.15) is 0 Å². The summed E-state index contributed by atoms with van der Waals surface area (Å²) in [7, 11) is 3.14. The molecule has 8 heteroatoms. The minimum absolute atomic E-state index is 0.0162. The molecule has 0 saturated carbocycles. The van der Waals surface area contributed by atoms with Gasteiger partial charge >= 0.3 is 0 Å². The molecule has 1 aliphatic carbocycles. The molecule has 2 aliphatic heterocycles. The molecule has 0 saturated heterocycles. The van der Waals surface area contributed by atoms with Crippen LogP contribution in [0, 0.1) is 12.3 Å². The molecular formula is C32H30N2O6. The van der Waals surface area contributed by atoms with Gasteiger partial charge in [0.1, 0.15) is 23.1 Å². The number of ether oxygens (including phenoxy) is 4. The highest BCUT2D eigenvalue weighted by Gasteiger charge is 2.44. The van der Waals surface area contributed by atoms with Crippen molar-refractivity contribution in [1.29, 1.82) is 5.41 Å². The summed E-state index contributed by atoms with van der Waals surface area (Å²) in [6, 6.07) is 18.4. The number of aliphatic hydroxyl groups excluding tert-OH is 1. The zero-order valence-corrected chi connectivity index (χ0v) is 22.6. The average molecular weight is 539 g/mol. The van der Waals surface area contributed by atoms with Gasteiger partial charge in [-0.05, 0) is 49.6 Å². The highest BCUT2D eigenvalue weighted by molar-refractivity contribution is 6.20. The lowest BCUT2D eigenvalue weighted by Crippen LogP contribution is -2.42. The fourth-order valence-corrected chi connectivity index (χ4v) is 5.72. The fourth-order valence-electron chi connectivity index (χ4n) is 5.72. The molecule has 3 aliphatic rings. The molecule has 40 heavy (non-hydrogen) atoms. The van der Waals surface area contributed by atoms with Crippen molar-refractivity contribution in [2.75, 3.05) is 25.9 Å². The van der Waals surface area contributed by atoms with Gasteiger partial charge in [0.25, 0.3) is 0 Å². The summed E-state index contributed by atoms with van der Waals surface area (Å²) < 4.78 is 22.4. The van der Waals surface area contributed by atoms with Crippen molar-refractivity contribution < 1.29 is 28.8 Å². The molecule has 3 aromatic carbocycles. The van der Waals surface area contributed by atoms with Crippen LogP contribution < -0.4 is 23.8 Å². The number of hydrogen-bond acceptors (Lipinski definition) is 7. The summed E-state index contributed by atoms with van der Waals surface area (Å²) >= 11 is 0. The van der Waals surface area contributed by atoms with E-state index >= 15 is 0 Å². The maximum atomic E-state index is 13.8. The number of nitrogens with one attached hydrogen (secondary N) is 1. The minimum atomic E-state index is -0.682. The quantitative estimate of drug-likeness (QED) is 0.368. The monoisotopic (exact) mass is 538 g/mol. The van der Waals surface area contributed by atoms with E-state index in [9.17, 15) is 15.3 Å². The molecule has 0 fully saturated rings. The molecule has 3 aromatic rings. The molecule has 6 rings (SSSR count). The van der Waals surface area contributed by atoms with Crippen LogP contribution in [0.1, 0.15) is 41.9 Å². The number of methoxy groups -OCH3 is 2. The zero-order chi connectivity index (χ0) is 28.0. The topological polar surface area (TPSA) is 101 Å². The van der Waals surface area contributed by atoms with E-state index in [1.807, 2.05) is 49.4 Å². The Bertz CT molecular complexity index is 1590. The van der Waals surface area contributed by atoms with Crippen LogP contribution >= 0.6 is 0 Å². The number of allylic oxidation sites excluding steroid dienone is 2. The number of carbonyl (C=O) groups is 1. The third kappa shape index (κ3) is 4.16. The maximum absolute atomic E-state index is 13.8. The number of ketones is 1. The Hall–Kier alpha value is -4.72. The standard InChI is InChI=1S/C32H30N2O6/c1-18-7-9-19(10-8-18)31(36)30-28(20-11-13-26-27(15-20)40-17-39-26)29-22(5-4-6-24(29)35)34(32(30)33)23-16-21(37-2)12-14-25(23)38-3/h7-16,28,33,36H,4-6,17H2,1-3H3/b31-30+,33-32?. The third-order valence-corrected chi connectivity index (χ3v) is 7.69. The van der Waals surface area contributed by atoms with E-state index in [4.69, 9.17) is 18.9 Å². The largest absolute Gasteiger partial charge is 0.507 e. The summed E-state index contributed by atoms with van der Waals surface area (Å²) in [5, 5.41) is 21.5. The molecule has 1 atom stereocenters. The lowest BCUT2D eigenvalue weighted by Gasteiger charge is -2.42. The van der Waals surface area contributed by atoms with E-state index in [-0.39, 0.29) is 24.2 Å². The van der Waals surface area contributed by atoms with E-state index in [1.54, 1.807) is 37.3 Å². The van der Waals surface area contributed by atoms with Crippen molar-refractivity contribution in [1.82, 2.24) is 0 Å². The van der Waals surface area contributed by atoms with Gasteiger partial charge < -0.3 is 24.1 Å². The van der Waals surface area contributed by atoms with Crippen LogP contribution in [0.2, 0.25) is 0 Å². The molecule has 0 aromatic heterocycles. The van der Waals surface area contributed by atoms with E-state index in [2.05, 4.69) is 0 Å². The molecule has 8 nitrogen and oxygen atoms in total. The van der Waals surface area contributed by atoms with Gasteiger partial charge in [0.05, 0.1) is 19.9 Å². The summed E-state index contributed by atoms with van der Waals surface area (Å²) in [6.45, 7) is 2.09. The molecule has 1 unspecified atom stereocenters. The number of benzene rings is 3. The van der Waals surface area contributed by atoms with Crippen LogP contribution in [0.5, 0.6) is 23.0 Å². The molecular weight excluding hydrogens is 508 g/mol. The number of aliphatic hydroxyl groups is 1. The molecule has 204 valence electrons. The second kappa shape index (κ2) is 10.1. The predicted molar refractivity (Wildman–Crippen MR) is 152 cm³/mol. The Morgan fingerprint density at radius 3 is 2.50 bits per heavy atom. The van der Waals surface area contributed by atoms with Crippen molar-refractivity contribution in [3.05, 3.63) is 94.2 Å². The highest BCUT2D eigenvalue weighted by atomic mass is 16.7. The van der Waals surface area contributed by atoms with Crippen LogP contribution in [-0.4, -0.2) is 37.7 Å². The van der Waals surface area contributed by atoms with E-state index in [0.29, 0.717) is 64.7 Å². The first-order valence-electron chi connectivity index (χ1n) is 13.2. The molecule has 2 N–H and O–H groups in total. The number of aryl methyl sites for hydroxylation is 1. The van der Waals surface area contributed by atoms with Crippen molar-refractivity contribution in [2.24, 2.45) is 0 Å². The number of Topliss-reactive ketones (excluding diaryl/α,β-unsaturated/α-hetero) is 1. The summed E-state index contributed by atoms with van der Waals surface area (Å²) in [6.07, 6.45) is 1.63. The van der Waals surface area contributed by atoms with E-state index < -0.39 is 5.92 Å². The molecule has 0 amide bonds. The summed E-state index contributed by atoms with van der Waals surface area (Å²) in [5.41, 5.74) is 4.50. The van der Waals surface area contributed by atoms with Crippen molar-refractivity contribution in [3.8, 4) is 23.0 Å². The molecule has 2 heterocycles. The van der Waals surface area contributed by atoms with Gasteiger partial charge in [-0.15, -0.1) is 0 Å². The Morgan fingerprint density at radius 2 is 1.75 bits per heavy atom. The van der Waals surface area contributed by atoms with Crippen molar-refractivity contribution >= 4 is 23.1 Å². The van der Waals surface area contributed by atoms with Gasteiger partial charge in [-0.25, -0.2) is 0 Å². The Morgan fingerprint density at radius 1 is 0.975 bits per heavy atom. The lowest BCUT2D eigenvalue weighted by molar-refractivity contribution is -0.116. The number of carbonyl (C=O) groups excluding carboxylic acids is 1. The molecule has 0 spiro atoms. The number of anilines is 1. The van der Waals surface area contributed by atoms with Crippen molar-refractivity contribution in [2.45, 2.75) is 32.1 Å². The summed E-state index contributed by atoms with van der Waals surface area (Å²) in [5.74, 6) is 1.59. The van der Waals surface area contributed by atoms with Crippen LogP contribution in [0.4, 0.5) is 5.69 Å². The third-order valence-electron chi connectivity index (χ3n) is 7.69. The Balaban J connectivity index is 1.66. The smallest absolute Gasteiger partial charge is 0.231 e. The van der Waals surface area contributed by atoms with E-state index in [1.165, 1.54) is 0 Å². The number of rotatable bonds is 5. The second-order valence-electron chi connectivity index (χ2n) is 10.0. The van der Waals surface area contributed by atoms with Crippen LogP contribution in [0.25, 0.3) is 5.76 Å². The number of amidine groups is 1. The first-order chi connectivity index (χ1) is 19.4. The van der Waals surface area contributed by atoms with Gasteiger partial charge in [0.2, 0.25) is 6.79 Å².